The number of hydrogen-bond donors (Lipinski definition) is 0. The smallest absolute Gasteiger partial charge is 0.333 e. The van der Waals surface area contributed by atoms with Crippen molar-refractivity contribution in [1.29, 1.82) is 0 Å². The predicted molar refractivity (Wildman–Crippen MR) is 61.3 cm³/mol. The summed E-state index contributed by atoms with van der Waals surface area (Å²) >= 11 is 0. The molecule has 0 spiro atoms. The number of carbonyl (C=O) groups excluding carboxylic acids is 3. The van der Waals surface area contributed by atoms with E-state index in [0.717, 1.165) is 13.2 Å². The Morgan fingerprint density at radius 3 is 2.58 bits per heavy atom. The Balaban J connectivity index is 2.11. The van der Waals surface area contributed by atoms with Gasteiger partial charge in [-0.25, -0.2) is 4.79 Å². The Hall–Kier alpha value is -1.91. The van der Waals surface area contributed by atoms with Gasteiger partial charge in [-0.2, -0.15) is 0 Å². The molecule has 19 heavy (non-hydrogen) atoms. The Labute approximate surface area is 117 Å². The van der Waals surface area contributed by atoms with Crippen LogP contribution in [0.2, 0.25) is 0 Å². The van der Waals surface area contributed by atoms with Crippen molar-refractivity contribution in [3.05, 3.63) is 23.8 Å². The van der Waals surface area contributed by atoms with Gasteiger partial charge in [0, 0.05) is 17.0 Å². The Bertz CT molecular complexity index is 853. The van der Waals surface area contributed by atoms with Crippen LogP contribution < -0.4 is 0 Å². The molecule has 0 aromatic rings. The first-order valence-corrected chi connectivity index (χ1v) is 5.70. The van der Waals surface area contributed by atoms with Crippen LogP contribution in [0.15, 0.2) is 23.8 Å². The first kappa shape index (κ1) is 6.50. The molecule has 0 N–H and O–H groups in total. The highest BCUT2D eigenvalue weighted by atomic mass is 16.6. The molecule has 0 aromatic heterocycles. The summed E-state index contributed by atoms with van der Waals surface area (Å²) in [5.74, 6) is -16.6. The molecule has 5 nitrogen and oxygen atoms in total. The average molecular weight is 266 g/mol. The van der Waals surface area contributed by atoms with E-state index in [9.17, 15) is 14.4 Å². The molecular formula is C14H12O5. The van der Waals surface area contributed by atoms with Gasteiger partial charge < -0.3 is 9.47 Å². The zero-order chi connectivity index (χ0) is 18.7. The number of allylic oxidation sites excluding steroid dienone is 3. The number of hydrogen-bond acceptors (Lipinski definition) is 5. The number of rotatable bonds is 1. The first-order chi connectivity index (χ1) is 11.4. The van der Waals surface area contributed by atoms with Crippen LogP contribution in [0.3, 0.4) is 0 Å². The van der Waals surface area contributed by atoms with Gasteiger partial charge >= 0.3 is 17.9 Å². The van der Waals surface area contributed by atoms with Gasteiger partial charge in [0.05, 0.1) is 21.7 Å². The summed E-state index contributed by atoms with van der Waals surface area (Å²) in [4.78, 5) is 36.3. The number of esters is 3. The second kappa shape index (κ2) is 3.35. The van der Waals surface area contributed by atoms with E-state index in [0.29, 0.717) is 0 Å². The molecule has 5 aliphatic rings. The van der Waals surface area contributed by atoms with E-state index in [4.69, 9.17) is 8.22 Å². The van der Waals surface area contributed by atoms with Crippen molar-refractivity contribution < 1.29 is 32.1 Å². The van der Waals surface area contributed by atoms with Crippen molar-refractivity contribution >= 4 is 17.9 Å². The monoisotopic (exact) mass is 266 g/mol. The van der Waals surface area contributed by atoms with Crippen LogP contribution >= 0.6 is 0 Å². The number of carbonyl (C=O) groups is 3. The molecule has 2 bridgehead atoms. The lowest BCUT2D eigenvalue weighted by Gasteiger charge is -2.53. The van der Waals surface area contributed by atoms with Crippen LogP contribution in [-0.2, 0) is 23.9 Å². The fourth-order valence-corrected chi connectivity index (χ4v) is 2.94. The lowest BCUT2D eigenvalue weighted by molar-refractivity contribution is -0.154. The standard InChI is InChI=1S/C14H12O5/c1-18-12(15)8-4-7-5-2-3-6(9(7)8)11-10(5)13(16)19-14(11)17/h2-7,9-11H,1H3/i2D,3D,5D,6D,7D,9D. The van der Waals surface area contributed by atoms with E-state index in [1.165, 1.54) is 0 Å². The van der Waals surface area contributed by atoms with Crippen molar-refractivity contribution in [3.8, 4) is 0 Å². The van der Waals surface area contributed by atoms with Gasteiger partial charge in [0.2, 0.25) is 0 Å². The van der Waals surface area contributed by atoms with E-state index >= 15 is 0 Å². The molecule has 5 heteroatoms. The lowest BCUT2D eigenvalue weighted by Crippen LogP contribution is -2.54. The van der Waals surface area contributed by atoms with Crippen LogP contribution in [0.4, 0.5) is 0 Å². The topological polar surface area (TPSA) is 69.7 Å². The first-order valence-electron chi connectivity index (χ1n) is 8.70. The molecule has 0 aromatic carbocycles. The van der Waals surface area contributed by atoms with E-state index in [1.807, 2.05) is 0 Å². The third-order valence-electron chi connectivity index (χ3n) is 3.79. The van der Waals surface area contributed by atoms with Crippen LogP contribution in [-0.4, -0.2) is 25.0 Å². The summed E-state index contributed by atoms with van der Waals surface area (Å²) in [6.07, 6.45) is 0.926. The van der Waals surface area contributed by atoms with Crippen LogP contribution in [0.1, 0.15) is 8.22 Å². The Kier molecular flexibility index (Phi) is 1.14. The molecule has 4 aliphatic carbocycles. The molecule has 1 saturated carbocycles. The molecule has 1 saturated heterocycles. The largest absolute Gasteiger partial charge is 0.466 e. The van der Waals surface area contributed by atoms with Gasteiger partial charge in [-0.1, -0.05) is 18.2 Å². The van der Waals surface area contributed by atoms with Crippen LogP contribution in [0.25, 0.3) is 0 Å². The highest BCUT2D eigenvalue weighted by molar-refractivity contribution is 5.99. The SMILES string of the molecule is [2H]C1=C([2H])C2([2H])C3C(=O)OC(=O)C3C1([2H])C1([2H])C=C(C(=O)OC)C21[2H]. The average Bonchev–Trinajstić information content (AvgIpc) is 2.88. The second-order valence-corrected chi connectivity index (χ2v) is 4.61. The van der Waals surface area contributed by atoms with Crippen molar-refractivity contribution in [2.45, 2.75) is 0 Å². The van der Waals surface area contributed by atoms with Crippen molar-refractivity contribution in [2.75, 3.05) is 7.11 Å². The van der Waals surface area contributed by atoms with E-state index in [2.05, 4.69) is 9.47 Å². The normalized spacial score (nSPS) is 66.1. The minimum atomic E-state index is -2.58. The molecule has 2 fully saturated rings. The highest BCUT2D eigenvalue weighted by Gasteiger charge is 2.64. The minimum absolute atomic E-state index is 0.431. The second-order valence-electron chi connectivity index (χ2n) is 4.61. The third kappa shape index (κ3) is 1.13. The third-order valence-corrected chi connectivity index (χ3v) is 3.79. The van der Waals surface area contributed by atoms with Gasteiger partial charge in [0.1, 0.15) is 0 Å². The minimum Gasteiger partial charge on any atom is -0.466 e. The Morgan fingerprint density at radius 1 is 1.26 bits per heavy atom. The summed E-state index contributed by atoms with van der Waals surface area (Å²) in [5, 5.41) is 0. The van der Waals surface area contributed by atoms with Crippen molar-refractivity contribution in [3.63, 3.8) is 0 Å². The molecule has 6 atom stereocenters. The van der Waals surface area contributed by atoms with Crippen molar-refractivity contribution in [2.24, 2.45) is 35.4 Å². The van der Waals surface area contributed by atoms with Gasteiger partial charge in [-0.05, 0) is 17.7 Å². The maximum absolute atomic E-state index is 12.2. The molecule has 5 rings (SSSR count). The highest BCUT2D eigenvalue weighted by Crippen LogP contribution is 2.60. The summed E-state index contributed by atoms with van der Waals surface area (Å²) in [6, 6.07) is -1.61. The predicted octanol–water partition coefficient (Wildman–Crippen LogP) is 0.463. The Morgan fingerprint density at radius 2 is 1.89 bits per heavy atom. The molecule has 98 valence electrons. The van der Waals surface area contributed by atoms with Crippen LogP contribution in [0.5, 0.6) is 0 Å². The van der Waals surface area contributed by atoms with Gasteiger partial charge in [-0.3, -0.25) is 9.59 Å². The summed E-state index contributed by atoms with van der Waals surface area (Å²) in [5.41, 5.74) is -0.431. The van der Waals surface area contributed by atoms with E-state index in [-0.39, 0.29) is 0 Å². The summed E-state index contributed by atoms with van der Waals surface area (Å²) in [7, 11) is 1.04. The molecule has 0 amide bonds. The quantitative estimate of drug-likeness (QED) is 0.392. The molecule has 1 heterocycles. The summed E-state index contributed by atoms with van der Waals surface area (Å²) in [6.45, 7) is 0. The van der Waals surface area contributed by atoms with E-state index in [1.54, 1.807) is 0 Å². The molecule has 1 aliphatic heterocycles. The molecule has 6 unspecified atom stereocenters. The lowest BCUT2D eigenvalue weighted by atomic mass is 9.48. The maximum Gasteiger partial charge on any atom is 0.333 e. The van der Waals surface area contributed by atoms with Crippen molar-refractivity contribution in [1.82, 2.24) is 0 Å². The van der Waals surface area contributed by atoms with Gasteiger partial charge in [0.15, 0.2) is 0 Å². The zero-order valence-corrected chi connectivity index (χ0v) is 9.77. The van der Waals surface area contributed by atoms with Gasteiger partial charge in [0.25, 0.3) is 0 Å². The molecule has 0 radical (unpaired) electrons. The molecular weight excluding hydrogens is 248 g/mol. The maximum atomic E-state index is 12.2. The fraction of sp³-hybridized carbons (Fsp3) is 0.500. The number of ether oxygens (including phenoxy) is 2. The zero-order valence-electron chi connectivity index (χ0n) is 15.8. The fourth-order valence-electron chi connectivity index (χ4n) is 2.94. The van der Waals surface area contributed by atoms with Crippen LogP contribution in [0, 0.1) is 35.4 Å². The van der Waals surface area contributed by atoms with E-state index < -0.39 is 71.0 Å². The van der Waals surface area contributed by atoms with Gasteiger partial charge in [-0.15, -0.1) is 0 Å². The number of methoxy groups -OCH3 is 1. The summed E-state index contributed by atoms with van der Waals surface area (Å²) < 4.78 is 60.1. The number of cyclic esters (lactones) is 2.